The van der Waals surface area contributed by atoms with E-state index in [9.17, 15) is 5.11 Å². The van der Waals surface area contributed by atoms with Gasteiger partial charge in [-0.2, -0.15) is 5.26 Å². The van der Waals surface area contributed by atoms with Crippen LogP contribution in [0.2, 0.25) is 0 Å². The SMILES string of the molecule is COc1ccc2cc(O)c(C=CC#N)cc2c1OC. The van der Waals surface area contributed by atoms with E-state index in [1.807, 2.05) is 12.1 Å². The van der Waals surface area contributed by atoms with E-state index in [0.717, 1.165) is 10.8 Å². The fraction of sp³-hybridized carbons (Fsp3) is 0.133. The normalized spacial score (nSPS) is 10.6. The van der Waals surface area contributed by atoms with Crippen LogP contribution in [0.15, 0.2) is 30.3 Å². The second-order valence-electron chi connectivity index (χ2n) is 3.90. The van der Waals surface area contributed by atoms with E-state index in [0.29, 0.717) is 17.1 Å². The molecule has 2 rings (SSSR count). The van der Waals surface area contributed by atoms with Gasteiger partial charge >= 0.3 is 0 Å². The zero-order valence-electron chi connectivity index (χ0n) is 10.7. The van der Waals surface area contributed by atoms with Crippen LogP contribution in [0.1, 0.15) is 5.56 Å². The molecule has 0 saturated heterocycles. The lowest BCUT2D eigenvalue weighted by molar-refractivity contribution is 0.358. The second-order valence-corrected chi connectivity index (χ2v) is 3.90. The second kappa shape index (κ2) is 5.32. The first-order chi connectivity index (χ1) is 9.21. The first kappa shape index (κ1) is 12.8. The highest BCUT2D eigenvalue weighted by atomic mass is 16.5. The van der Waals surface area contributed by atoms with Crippen molar-refractivity contribution in [3.63, 3.8) is 0 Å². The maximum absolute atomic E-state index is 9.89. The number of allylic oxidation sites excluding steroid dienone is 1. The van der Waals surface area contributed by atoms with Gasteiger partial charge in [-0.3, -0.25) is 0 Å². The van der Waals surface area contributed by atoms with E-state index in [1.54, 1.807) is 38.5 Å². The Morgan fingerprint density at radius 3 is 2.63 bits per heavy atom. The number of phenolic OH excluding ortho intramolecular Hbond substituents is 1. The number of methoxy groups -OCH3 is 2. The Balaban J connectivity index is 2.74. The van der Waals surface area contributed by atoms with Crippen molar-refractivity contribution in [2.24, 2.45) is 0 Å². The van der Waals surface area contributed by atoms with E-state index in [-0.39, 0.29) is 5.75 Å². The fourth-order valence-electron chi connectivity index (χ4n) is 1.96. The van der Waals surface area contributed by atoms with Crippen LogP contribution >= 0.6 is 0 Å². The Morgan fingerprint density at radius 2 is 2.00 bits per heavy atom. The van der Waals surface area contributed by atoms with Crippen LogP contribution in [-0.4, -0.2) is 19.3 Å². The van der Waals surface area contributed by atoms with E-state index >= 15 is 0 Å². The molecule has 96 valence electrons. The minimum Gasteiger partial charge on any atom is -0.507 e. The number of phenols is 1. The average molecular weight is 255 g/mol. The van der Waals surface area contributed by atoms with Crippen LogP contribution in [0.3, 0.4) is 0 Å². The molecule has 2 aromatic carbocycles. The molecule has 2 aromatic rings. The monoisotopic (exact) mass is 255 g/mol. The van der Waals surface area contributed by atoms with Crippen molar-refractivity contribution >= 4 is 16.8 Å². The van der Waals surface area contributed by atoms with Gasteiger partial charge < -0.3 is 14.6 Å². The van der Waals surface area contributed by atoms with E-state index in [4.69, 9.17) is 14.7 Å². The molecule has 0 aliphatic carbocycles. The molecule has 0 bridgehead atoms. The summed E-state index contributed by atoms with van der Waals surface area (Å²) < 4.78 is 10.6. The van der Waals surface area contributed by atoms with Crippen molar-refractivity contribution in [2.75, 3.05) is 14.2 Å². The smallest absolute Gasteiger partial charge is 0.168 e. The quantitative estimate of drug-likeness (QED) is 0.856. The van der Waals surface area contributed by atoms with Gasteiger partial charge in [0, 0.05) is 17.0 Å². The van der Waals surface area contributed by atoms with Crippen LogP contribution < -0.4 is 9.47 Å². The standard InChI is InChI=1S/C15H13NO3/c1-18-14-6-5-10-9-13(17)11(4-3-7-16)8-12(10)15(14)19-2/h3-6,8-9,17H,1-2H3. The zero-order valence-corrected chi connectivity index (χ0v) is 10.7. The van der Waals surface area contributed by atoms with Crippen molar-refractivity contribution < 1.29 is 14.6 Å². The van der Waals surface area contributed by atoms with Crippen molar-refractivity contribution in [3.05, 3.63) is 35.9 Å². The van der Waals surface area contributed by atoms with E-state index in [1.165, 1.54) is 6.08 Å². The number of aromatic hydroxyl groups is 1. The molecule has 1 N–H and O–H groups in total. The summed E-state index contributed by atoms with van der Waals surface area (Å²) in [5.41, 5.74) is 0.556. The molecular formula is C15H13NO3. The third-order valence-electron chi connectivity index (χ3n) is 2.84. The molecule has 4 nitrogen and oxygen atoms in total. The first-order valence-corrected chi connectivity index (χ1v) is 5.65. The number of nitrogens with zero attached hydrogens (tertiary/aromatic N) is 1. The molecule has 0 atom stereocenters. The van der Waals surface area contributed by atoms with Gasteiger partial charge in [-0.15, -0.1) is 0 Å². The number of hydrogen-bond donors (Lipinski definition) is 1. The van der Waals surface area contributed by atoms with Crippen molar-refractivity contribution in [2.45, 2.75) is 0 Å². The molecular weight excluding hydrogens is 242 g/mol. The van der Waals surface area contributed by atoms with Crippen LogP contribution in [0.4, 0.5) is 0 Å². The average Bonchev–Trinajstić information content (AvgIpc) is 2.43. The summed E-state index contributed by atoms with van der Waals surface area (Å²) in [5, 5.41) is 20.1. The van der Waals surface area contributed by atoms with Gasteiger partial charge in [0.25, 0.3) is 0 Å². The third-order valence-corrected chi connectivity index (χ3v) is 2.84. The Labute approximate surface area is 111 Å². The van der Waals surface area contributed by atoms with Crippen LogP contribution in [-0.2, 0) is 0 Å². The molecule has 0 aliphatic rings. The van der Waals surface area contributed by atoms with Gasteiger partial charge in [-0.25, -0.2) is 0 Å². The molecule has 0 amide bonds. The summed E-state index contributed by atoms with van der Waals surface area (Å²) in [6, 6.07) is 8.92. The number of rotatable bonds is 3. The molecule has 0 aliphatic heterocycles. The minimum absolute atomic E-state index is 0.117. The highest BCUT2D eigenvalue weighted by Gasteiger charge is 2.11. The van der Waals surface area contributed by atoms with Crippen LogP contribution in [0, 0.1) is 11.3 Å². The highest BCUT2D eigenvalue weighted by Crippen LogP contribution is 2.38. The summed E-state index contributed by atoms with van der Waals surface area (Å²) in [5.74, 6) is 1.34. The maximum atomic E-state index is 9.89. The first-order valence-electron chi connectivity index (χ1n) is 5.65. The summed E-state index contributed by atoms with van der Waals surface area (Å²) >= 11 is 0. The predicted octanol–water partition coefficient (Wildman–Crippen LogP) is 3.10. The molecule has 0 fully saturated rings. The zero-order chi connectivity index (χ0) is 13.8. The maximum Gasteiger partial charge on any atom is 0.168 e. The molecule has 0 saturated carbocycles. The molecule has 4 heteroatoms. The van der Waals surface area contributed by atoms with Gasteiger partial charge in [0.1, 0.15) is 5.75 Å². The van der Waals surface area contributed by atoms with Gasteiger partial charge in [-0.05, 0) is 29.7 Å². The molecule has 0 aromatic heterocycles. The van der Waals surface area contributed by atoms with Crippen molar-refractivity contribution in [1.29, 1.82) is 5.26 Å². The number of nitriles is 1. The lowest BCUT2D eigenvalue weighted by Gasteiger charge is -2.12. The Bertz CT molecular complexity index is 684. The molecule has 0 unspecified atom stereocenters. The van der Waals surface area contributed by atoms with Crippen molar-refractivity contribution in [3.8, 4) is 23.3 Å². The molecule has 0 spiro atoms. The summed E-state index contributed by atoms with van der Waals surface area (Å²) in [6.07, 6.45) is 2.86. The minimum atomic E-state index is 0.117. The summed E-state index contributed by atoms with van der Waals surface area (Å²) in [7, 11) is 3.13. The number of hydrogen-bond acceptors (Lipinski definition) is 4. The summed E-state index contributed by atoms with van der Waals surface area (Å²) in [4.78, 5) is 0. The molecule has 19 heavy (non-hydrogen) atoms. The number of benzene rings is 2. The number of fused-ring (bicyclic) bond motifs is 1. The van der Waals surface area contributed by atoms with Crippen LogP contribution in [0.5, 0.6) is 17.2 Å². The topological polar surface area (TPSA) is 62.5 Å². The van der Waals surface area contributed by atoms with Gasteiger partial charge in [0.2, 0.25) is 0 Å². The lowest BCUT2D eigenvalue weighted by Crippen LogP contribution is -1.92. The van der Waals surface area contributed by atoms with Gasteiger partial charge in [0.05, 0.1) is 20.3 Å². The Morgan fingerprint density at radius 1 is 1.21 bits per heavy atom. The van der Waals surface area contributed by atoms with Gasteiger partial charge in [-0.1, -0.05) is 6.07 Å². The third kappa shape index (κ3) is 2.31. The van der Waals surface area contributed by atoms with E-state index in [2.05, 4.69) is 0 Å². The van der Waals surface area contributed by atoms with Gasteiger partial charge in [0.15, 0.2) is 11.5 Å². The predicted molar refractivity (Wildman–Crippen MR) is 73.4 cm³/mol. The highest BCUT2D eigenvalue weighted by molar-refractivity contribution is 5.94. The molecule has 0 heterocycles. The van der Waals surface area contributed by atoms with E-state index < -0.39 is 0 Å². The fourth-order valence-corrected chi connectivity index (χ4v) is 1.96. The Kier molecular flexibility index (Phi) is 3.58. The summed E-state index contributed by atoms with van der Waals surface area (Å²) in [6.45, 7) is 0. The largest absolute Gasteiger partial charge is 0.507 e. The Hall–Kier alpha value is -2.67. The van der Waals surface area contributed by atoms with Crippen molar-refractivity contribution in [1.82, 2.24) is 0 Å². The number of ether oxygens (including phenoxy) is 2. The molecule has 0 radical (unpaired) electrons. The lowest BCUT2D eigenvalue weighted by atomic mass is 10.0. The van der Waals surface area contributed by atoms with Crippen LogP contribution in [0.25, 0.3) is 16.8 Å².